The van der Waals surface area contributed by atoms with Gasteiger partial charge < -0.3 is 0 Å². The fourth-order valence-corrected chi connectivity index (χ4v) is 0.293. The maximum Gasteiger partial charge on any atom is 0.188 e. The molecule has 0 saturated heterocycles. The van der Waals surface area contributed by atoms with Crippen LogP contribution in [0.2, 0.25) is 0 Å². The molecule has 0 saturated carbocycles. The number of carbonyl (C=O) groups is 1. The molecule has 0 bridgehead atoms. The molecule has 10 heavy (non-hydrogen) atoms. The van der Waals surface area contributed by atoms with Crippen molar-refractivity contribution < 1.29 is 9.18 Å². The maximum absolute atomic E-state index is 12.2. The molecule has 2 nitrogen and oxygen atoms in total. The number of allylic oxidation sites excluding steroid dienone is 4. The molecule has 0 spiro atoms. The molecule has 0 radical (unpaired) electrons. The normalized spacial score (nSPS) is 11.5. The molecule has 52 valence electrons. The zero-order chi connectivity index (χ0) is 7.98. The summed E-state index contributed by atoms with van der Waals surface area (Å²) in [5.74, 6) is -1.48. The van der Waals surface area contributed by atoms with E-state index in [-0.39, 0.29) is 0 Å². The lowest BCUT2D eigenvalue weighted by Crippen LogP contribution is -1.87. The zero-order valence-corrected chi connectivity index (χ0v) is 5.47. The van der Waals surface area contributed by atoms with Crippen molar-refractivity contribution in [2.45, 2.75) is 6.92 Å². The van der Waals surface area contributed by atoms with Gasteiger partial charge in [0.05, 0.1) is 6.07 Å². The first-order valence-electron chi connectivity index (χ1n) is 2.61. The summed E-state index contributed by atoms with van der Waals surface area (Å²) in [5.41, 5.74) is 0. The van der Waals surface area contributed by atoms with Crippen molar-refractivity contribution >= 4 is 5.78 Å². The van der Waals surface area contributed by atoms with E-state index in [0.717, 1.165) is 19.1 Å². The van der Waals surface area contributed by atoms with Crippen LogP contribution in [-0.2, 0) is 4.79 Å². The molecule has 0 aliphatic heterocycles. The van der Waals surface area contributed by atoms with Gasteiger partial charge in [0, 0.05) is 13.0 Å². The van der Waals surface area contributed by atoms with Gasteiger partial charge in [0.25, 0.3) is 0 Å². The number of nitrogens with zero attached hydrogens (tertiary/aromatic N) is 1. The molecule has 0 N–H and O–H groups in total. The van der Waals surface area contributed by atoms with Crippen molar-refractivity contribution in [3.8, 4) is 6.07 Å². The third-order valence-corrected chi connectivity index (χ3v) is 0.750. The molecule has 0 amide bonds. The van der Waals surface area contributed by atoms with Gasteiger partial charge in [-0.05, 0) is 12.2 Å². The Bertz CT molecular complexity index is 222. The van der Waals surface area contributed by atoms with Crippen LogP contribution in [0.4, 0.5) is 4.39 Å². The van der Waals surface area contributed by atoms with Gasteiger partial charge in [-0.1, -0.05) is 0 Å². The summed E-state index contributed by atoms with van der Waals surface area (Å²) in [6.45, 7) is 1.12. The van der Waals surface area contributed by atoms with E-state index in [2.05, 4.69) is 0 Å². The van der Waals surface area contributed by atoms with Crippen LogP contribution >= 0.6 is 0 Å². The third-order valence-electron chi connectivity index (χ3n) is 0.750. The van der Waals surface area contributed by atoms with Crippen molar-refractivity contribution in [2.75, 3.05) is 0 Å². The van der Waals surface area contributed by atoms with E-state index < -0.39 is 11.6 Å². The molecular formula is C7H6FNO. The van der Waals surface area contributed by atoms with E-state index >= 15 is 0 Å². The standard InChI is InChI=1S/C7H6FNO/c1-6(10)7(8)4-2-3-5-9/h2-4H,1H3/b3-2+,7-4+. The number of ketones is 1. The minimum Gasteiger partial charge on any atom is -0.292 e. The first kappa shape index (κ1) is 8.57. The fourth-order valence-electron chi connectivity index (χ4n) is 0.293. The summed E-state index contributed by atoms with van der Waals surface area (Å²) < 4.78 is 12.2. The van der Waals surface area contributed by atoms with Crippen LogP contribution < -0.4 is 0 Å². The van der Waals surface area contributed by atoms with Gasteiger partial charge in [-0.2, -0.15) is 5.26 Å². The van der Waals surface area contributed by atoms with E-state index in [1.165, 1.54) is 6.08 Å². The van der Waals surface area contributed by atoms with Gasteiger partial charge in [-0.25, -0.2) is 4.39 Å². The molecular weight excluding hydrogens is 133 g/mol. The monoisotopic (exact) mass is 139 g/mol. The summed E-state index contributed by atoms with van der Waals surface area (Å²) in [6.07, 6.45) is 3.21. The van der Waals surface area contributed by atoms with Crippen LogP contribution in [-0.4, -0.2) is 5.78 Å². The number of hydrogen-bond acceptors (Lipinski definition) is 2. The van der Waals surface area contributed by atoms with Gasteiger partial charge in [0.1, 0.15) is 0 Å². The van der Waals surface area contributed by atoms with Crippen LogP contribution in [0, 0.1) is 11.3 Å². The van der Waals surface area contributed by atoms with E-state index in [1.807, 2.05) is 0 Å². The van der Waals surface area contributed by atoms with Gasteiger partial charge in [0.2, 0.25) is 0 Å². The predicted molar refractivity (Wildman–Crippen MR) is 34.6 cm³/mol. The average molecular weight is 139 g/mol. The number of hydrogen-bond donors (Lipinski definition) is 0. The molecule has 0 heterocycles. The minimum atomic E-state index is -0.841. The lowest BCUT2D eigenvalue weighted by Gasteiger charge is -1.81. The largest absolute Gasteiger partial charge is 0.292 e. The van der Waals surface area contributed by atoms with Gasteiger partial charge in [0.15, 0.2) is 11.6 Å². The Labute approximate surface area is 58.3 Å². The molecule has 0 aliphatic carbocycles. The van der Waals surface area contributed by atoms with E-state index in [1.54, 1.807) is 6.07 Å². The molecule has 0 atom stereocenters. The molecule has 0 aliphatic rings. The maximum atomic E-state index is 12.2. The van der Waals surface area contributed by atoms with Gasteiger partial charge in [-0.15, -0.1) is 0 Å². The second-order valence-electron chi connectivity index (χ2n) is 1.56. The second-order valence-corrected chi connectivity index (χ2v) is 1.56. The predicted octanol–water partition coefficient (Wildman–Crippen LogP) is 1.51. The van der Waals surface area contributed by atoms with Crippen LogP contribution in [0.3, 0.4) is 0 Å². The summed E-state index contributed by atoms with van der Waals surface area (Å²) in [6, 6.07) is 1.66. The summed E-state index contributed by atoms with van der Waals surface area (Å²) in [5, 5.41) is 7.94. The van der Waals surface area contributed by atoms with E-state index in [9.17, 15) is 9.18 Å². The molecule has 0 unspecified atom stereocenters. The molecule has 0 aromatic rings. The van der Waals surface area contributed by atoms with E-state index in [0.29, 0.717) is 0 Å². The Hall–Kier alpha value is -1.43. The SMILES string of the molecule is CC(=O)/C(F)=C\C=C\C#N. The van der Waals surface area contributed by atoms with Crippen molar-refractivity contribution in [2.24, 2.45) is 0 Å². The Morgan fingerprint density at radius 1 is 1.70 bits per heavy atom. The Morgan fingerprint density at radius 2 is 2.30 bits per heavy atom. The number of halogens is 1. The van der Waals surface area contributed by atoms with Crippen molar-refractivity contribution in [1.29, 1.82) is 5.26 Å². The first-order valence-corrected chi connectivity index (χ1v) is 2.61. The smallest absolute Gasteiger partial charge is 0.188 e. The third kappa shape index (κ3) is 3.56. The molecule has 0 aromatic carbocycles. The molecule has 0 fully saturated rings. The second kappa shape index (κ2) is 4.45. The molecule has 0 aromatic heterocycles. The first-order chi connectivity index (χ1) is 4.68. The summed E-state index contributed by atoms with van der Waals surface area (Å²) >= 11 is 0. The minimum absolute atomic E-state index is 0.636. The van der Waals surface area contributed by atoms with Gasteiger partial charge >= 0.3 is 0 Å². The van der Waals surface area contributed by atoms with Crippen molar-refractivity contribution in [1.82, 2.24) is 0 Å². The number of Topliss-reactive ketones (excluding diaryl/α,β-unsaturated/α-hetero) is 1. The van der Waals surface area contributed by atoms with Crippen LogP contribution in [0.1, 0.15) is 6.92 Å². The number of nitriles is 1. The average Bonchev–Trinajstić information content (AvgIpc) is 1.88. The molecule has 0 rings (SSSR count). The van der Waals surface area contributed by atoms with E-state index in [4.69, 9.17) is 5.26 Å². The highest BCUT2D eigenvalue weighted by Crippen LogP contribution is 1.96. The highest BCUT2D eigenvalue weighted by atomic mass is 19.1. The zero-order valence-electron chi connectivity index (χ0n) is 5.47. The van der Waals surface area contributed by atoms with Crippen LogP contribution in [0.5, 0.6) is 0 Å². The van der Waals surface area contributed by atoms with Crippen LogP contribution in [0.15, 0.2) is 24.1 Å². The topological polar surface area (TPSA) is 40.9 Å². The summed E-state index contributed by atoms with van der Waals surface area (Å²) in [4.78, 5) is 10.2. The summed E-state index contributed by atoms with van der Waals surface area (Å²) in [7, 11) is 0. The highest BCUT2D eigenvalue weighted by Gasteiger charge is 1.96. The Balaban J connectivity index is 4.08. The van der Waals surface area contributed by atoms with Crippen molar-refractivity contribution in [3.05, 3.63) is 24.1 Å². The number of carbonyl (C=O) groups excluding carboxylic acids is 1. The fraction of sp³-hybridized carbons (Fsp3) is 0.143. The Morgan fingerprint density at radius 3 is 2.70 bits per heavy atom. The molecule has 3 heteroatoms. The lowest BCUT2D eigenvalue weighted by molar-refractivity contribution is -0.114. The van der Waals surface area contributed by atoms with Gasteiger partial charge in [-0.3, -0.25) is 4.79 Å². The number of rotatable bonds is 2. The quantitative estimate of drug-likeness (QED) is 0.330. The highest BCUT2D eigenvalue weighted by molar-refractivity contribution is 5.91. The van der Waals surface area contributed by atoms with Crippen molar-refractivity contribution in [3.63, 3.8) is 0 Å². The Kier molecular flexibility index (Phi) is 3.81. The van der Waals surface area contributed by atoms with Crippen LogP contribution in [0.25, 0.3) is 0 Å². The lowest BCUT2D eigenvalue weighted by atomic mass is 10.3.